The van der Waals surface area contributed by atoms with Gasteiger partial charge in [-0.3, -0.25) is 0 Å². The van der Waals surface area contributed by atoms with E-state index in [0.29, 0.717) is 12.6 Å². The molecule has 2 N–H and O–H groups in total. The van der Waals surface area contributed by atoms with Crippen LogP contribution in [0.2, 0.25) is 5.02 Å². The lowest BCUT2D eigenvalue weighted by molar-refractivity contribution is 0.484. The second-order valence-electron chi connectivity index (χ2n) is 4.81. The molecule has 1 saturated heterocycles. The van der Waals surface area contributed by atoms with Crippen molar-refractivity contribution < 1.29 is 0 Å². The molecule has 0 aromatic heterocycles. The van der Waals surface area contributed by atoms with E-state index in [2.05, 4.69) is 17.9 Å². The number of rotatable bonds is 3. The molecule has 3 heteroatoms. The van der Waals surface area contributed by atoms with Crippen LogP contribution in [-0.2, 0) is 6.42 Å². The van der Waals surface area contributed by atoms with Crippen LogP contribution in [0.4, 0.5) is 5.69 Å². The molecule has 94 valence electrons. The van der Waals surface area contributed by atoms with Gasteiger partial charge in [-0.1, -0.05) is 17.7 Å². The van der Waals surface area contributed by atoms with Crippen molar-refractivity contribution >= 4 is 17.3 Å². The molecule has 0 radical (unpaired) electrons. The van der Waals surface area contributed by atoms with Crippen molar-refractivity contribution in [1.82, 2.24) is 0 Å². The third-order valence-corrected chi connectivity index (χ3v) is 3.95. The Kier molecular flexibility index (Phi) is 4.30. The number of halogens is 1. The first-order valence-electron chi connectivity index (χ1n) is 6.48. The standard InChI is InChI=1S/C14H21ClN2/c1-11-5-2-3-10-17(11)14-7-4-6-13(15)12(14)8-9-16/h4,6-7,11H,2-3,5,8-10,16H2,1H3. The van der Waals surface area contributed by atoms with Crippen molar-refractivity contribution in [3.63, 3.8) is 0 Å². The van der Waals surface area contributed by atoms with E-state index in [1.165, 1.54) is 30.5 Å². The second-order valence-corrected chi connectivity index (χ2v) is 5.22. The van der Waals surface area contributed by atoms with E-state index in [1.54, 1.807) is 0 Å². The predicted molar refractivity (Wildman–Crippen MR) is 74.9 cm³/mol. The highest BCUT2D eigenvalue weighted by Gasteiger charge is 2.21. The molecular formula is C14H21ClN2. The van der Waals surface area contributed by atoms with Crippen molar-refractivity contribution in [3.8, 4) is 0 Å². The van der Waals surface area contributed by atoms with Crippen molar-refractivity contribution in [3.05, 3.63) is 28.8 Å². The first kappa shape index (κ1) is 12.7. The van der Waals surface area contributed by atoms with Gasteiger partial charge in [0.15, 0.2) is 0 Å². The topological polar surface area (TPSA) is 29.3 Å². The molecule has 0 amide bonds. The number of benzene rings is 1. The molecule has 2 rings (SSSR count). The Labute approximate surface area is 109 Å². The largest absolute Gasteiger partial charge is 0.369 e. The summed E-state index contributed by atoms with van der Waals surface area (Å²) in [5.74, 6) is 0. The molecule has 0 bridgehead atoms. The van der Waals surface area contributed by atoms with Crippen LogP contribution in [0, 0.1) is 0 Å². The summed E-state index contributed by atoms with van der Waals surface area (Å²) in [6.45, 7) is 4.09. The maximum absolute atomic E-state index is 6.29. The maximum atomic E-state index is 6.29. The Morgan fingerprint density at radius 3 is 2.94 bits per heavy atom. The minimum absolute atomic E-state index is 0.610. The summed E-state index contributed by atoms with van der Waals surface area (Å²) in [6, 6.07) is 6.79. The van der Waals surface area contributed by atoms with Gasteiger partial charge in [-0.25, -0.2) is 0 Å². The maximum Gasteiger partial charge on any atom is 0.0459 e. The van der Waals surface area contributed by atoms with Crippen LogP contribution in [-0.4, -0.2) is 19.1 Å². The Bertz CT molecular complexity index is 378. The number of hydrogen-bond donors (Lipinski definition) is 1. The lowest BCUT2D eigenvalue weighted by Crippen LogP contribution is -2.38. The van der Waals surface area contributed by atoms with E-state index < -0.39 is 0 Å². The molecule has 1 aliphatic rings. The summed E-state index contributed by atoms with van der Waals surface area (Å²) < 4.78 is 0. The Morgan fingerprint density at radius 2 is 2.24 bits per heavy atom. The van der Waals surface area contributed by atoms with Crippen molar-refractivity contribution in [2.24, 2.45) is 5.73 Å². The van der Waals surface area contributed by atoms with Crippen molar-refractivity contribution in [2.75, 3.05) is 18.0 Å². The Hall–Kier alpha value is -0.730. The zero-order valence-electron chi connectivity index (χ0n) is 10.5. The summed E-state index contributed by atoms with van der Waals surface area (Å²) in [5.41, 5.74) is 8.19. The average molecular weight is 253 g/mol. The number of nitrogens with two attached hydrogens (primary N) is 1. The zero-order valence-corrected chi connectivity index (χ0v) is 11.2. The van der Waals surface area contributed by atoms with Gasteiger partial charge in [0, 0.05) is 23.3 Å². The van der Waals surface area contributed by atoms with Gasteiger partial charge in [0.1, 0.15) is 0 Å². The Morgan fingerprint density at radius 1 is 1.41 bits per heavy atom. The molecular weight excluding hydrogens is 232 g/mol. The molecule has 0 aliphatic carbocycles. The molecule has 2 nitrogen and oxygen atoms in total. The van der Waals surface area contributed by atoms with Crippen LogP contribution in [0.15, 0.2) is 18.2 Å². The molecule has 1 atom stereocenters. The molecule has 17 heavy (non-hydrogen) atoms. The minimum Gasteiger partial charge on any atom is -0.369 e. The van der Waals surface area contributed by atoms with Gasteiger partial charge in [-0.15, -0.1) is 0 Å². The quantitative estimate of drug-likeness (QED) is 0.895. The Balaban J connectivity index is 2.32. The predicted octanol–water partition coefficient (Wildman–Crippen LogP) is 3.22. The molecule has 1 aromatic rings. The molecule has 0 spiro atoms. The fraction of sp³-hybridized carbons (Fsp3) is 0.571. The van der Waals surface area contributed by atoms with Gasteiger partial charge in [0.05, 0.1) is 0 Å². The van der Waals surface area contributed by atoms with E-state index in [4.69, 9.17) is 17.3 Å². The zero-order chi connectivity index (χ0) is 12.3. The number of hydrogen-bond acceptors (Lipinski definition) is 2. The van der Waals surface area contributed by atoms with Gasteiger partial charge in [-0.2, -0.15) is 0 Å². The number of anilines is 1. The van der Waals surface area contributed by atoms with Crippen molar-refractivity contribution in [1.29, 1.82) is 0 Å². The van der Waals surface area contributed by atoms with E-state index in [9.17, 15) is 0 Å². The van der Waals surface area contributed by atoms with E-state index in [-0.39, 0.29) is 0 Å². The van der Waals surface area contributed by atoms with Gasteiger partial charge in [0.25, 0.3) is 0 Å². The summed E-state index contributed by atoms with van der Waals surface area (Å²) in [4.78, 5) is 2.49. The molecule has 1 heterocycles. The summed E-state index contributed by atoms with van der Waals surface area (Å²) in [5, 5.41) is 0.853. The van der Waals surface area contributed by atoms with E-state index in [1.807, 2.05) is 12.1 Å². The lowest BCUT2D eigenvalue weighted by Gasteiger charge is -2.37. The molecule has 0 saturated carbocycles. The summed E-state index contributed by atoms with van der Waals surface area (Å²) in [6.07, 6.45) is 4.75. The van der Waals surface area contributed by atoms with Gasteiger partial charge in [-0.05, 0) is 56.8 Å². The first-order chi connectivity index (χ1) is 8.24. The third-order valence-electron chi connectivity index (χ3n) is 3.60. The molecule has 1 aromatic carbocycles. The summed E-state index contributed by atoms with van der Waals surface area (Å²) in [7, 11) is 0. The normalized spacial score (nSPS) is 20.6. The first-order valence-corrected chi connectivity index (χ1v) is 6.86. The van der Waals surface area contributed by atoms with Crippen LogP contribution in [0.5, 0.6) is 0 Å². The van der Waals surface area contributed by atoms with E-state index >= 15 is 0 Å². The van der Waals surface area contributed by atoms with Gasteiger partial charge < -0.3 is 10.6 Å². The van der Waals surface area contributed by atoms with Gasteiger partial charge in [0.2, 0.25) is 0 Å². The van der Waals surface area contributed by atoms with Crippen LogP contribution in [0.1, 0.15) is 31.7 Å². The minimum atomic E-state index is 0.610. The molecule has 1 aliphatic heterocycles. The SMILES string of the molecule is CC1CCCCN1c1cccc(Cl)c1CCN. The average Bonchev–Trinajstić information content (AvgIpc) is 2.33. The monoisotopic (exact) mass is 252 g/mol. The van der Waals surface area contributed by atoms with Gasteiger partial charge >= 0.3 is 0 Å². The number of nitrogens with zero attached hydrogens (tertiary/aromatic N) is 1. The van der Waals surface area contributed by atoms with Crippen LogP contribution in [0.25, 0.3) is 0 Å². The van der Waals surface area contributed by atoms with Crippen LogP contribution >= 0.6 is 11.6 Å². The molecule has 1 unspecified atom stereocenters. The molecule has 1 fully saturated rings. The third kappa shape index (κ3) is 2.75. The van der Waals surface area contributed by atoms with Crippen LogP contribution in [0.3, 0.4) is 0 Å². The van der Waals surface area contributed by atoms with E-state index in [0.717, 1.165) is 18.0 Å². The highest BCUT2D eigenvalue weighted by molar-refractivity contribution is 6.31. The fourth-order valence-corrected chi connectivity index (χ4v) is 2.93. The highest BCUT2D eigenvalue weighted by atomic mass is 35.5. The highest BCUT2D eigenvalue weighted by Crippen LogP contribution is 2.32. The van der Waals surface area contributed by atoms with Crippen molar-refractivity contribution in [2.45, 2.75) is 38.6 Å². The smallest absolute Gasteiger partial charge is 0.0459 e. The second kappa shape index (κ2) is 5.74. The van der Waals surface area contributed by atoms with Crippen LogP contribution < -0.4 is 10.6 Å². The summed E-state index contributed by atoms with van der Waals surface area (Å²) >= 11 is 6.29. The fourth-order valence-electron chi connectivity index (χ4n) is 2.66. The number of piperidine rings is 1. The lowest BCUT2D eigenvalue weighted by atomic mass is 10.00.